The lowest BCUT2D eigenvalue weighted by atomic mass is 9.99. The second kappa shape index (κ2) is 47.6. The summed E-state index contributed by atoms with van der Waals surface area (Å²) >= 11 is 0. The SMILES string of the molecule is CCCCCCCCCC/C=C/[C@@H](O)[C@H](CO[C@@H]1O[C@H](CO)[C@H](O)C(O)C1O)NC(=O)CCCCCCCCCCCCCCCCCCCCCCCCCCCCCCCCCCC. The van der Waals surface area contributed by atoms with Crippen LogP contribution in [0.15, 0.2) is 12.2 Å². The summed E-state index contributed by atoms with van der Waals surface area (Å²) in [4.78, 5) is 13.0. The van der Waals surface area contributed by atoms with Crippen LogP contribution in [0.5, 0.6) is 0 Å². The first-order chi connectivity index (χ1) is 32.3. The Morgan fingerprint density at radius 2 is 0.833 bits per heavy atom. The number of unbranched alkanes of at least 4 members (excludes halogenated alkanes) is 40. The molecule has 0 aliphatic carbocycles. The quantitative estimate of drug-likeness (QED) is 0.0261. The largest absolute Gasteiger partial charge is 0.394 e. The van der Waals surface area contributed by atoms with Gasteiger partial charge < -0.3 is 40.3 Å². The van der Waals surface area contributed by atoms with Crippen LogP contribution in [-0.2, 0) is 14.3 Å². The van der Waals surface area contributed by atoms with Crippen molar-refractivity contribution >= 4 is 5.91 Å². The highest BCUT2D eigenvalue weighted by Gasteiger charge is 2.44. The average molecular weight is 939 g/mol. The molecule has 66 heavy (non-hydrogen) atoms. The lowest BCUT2D eigenvalue weighted by molar-refractivity contribution is -0.302. The van der Waals surface area contributed by atoms with Gasteiger partial charge in [-0.2, -0.15) is 0 Å². The molecule has 0 aromatic rings. The second-order valence-corrected chi connectivity index (χ2v) is 20.5. The molecule has 1 fully saturated rings. The Balaban J connectivity index is 2.05. The van der Waals surface area contributed by atoms with Gasteiger partial charge in [0.05, 0.1) is 25.4 Å². The van der Waals surface area contributed by atoms with Crippen LogP contribution < -0.4 is 5.32 Å². The van der Waals surface area contributed by atoms with Crippen LogP contribution in [0.3, 0.4) is 0 Å². The molecule has 0 radical (unpaired) electrons. The van der Waals surface area contributed by atoms with Gasteiger partial charge in [0.15, 0.2) is 6.29 Å². The van der Waals surface area contributed by atoms with Gasteiger partial charge in [0.2, 0.25) is 5.91 Å². The first-order valence-corrected chi connectivity index (χ1v) is 28.9. The molecule has 9 nitrogen and oxygen atoms in total. The molecule has 392 valence electrons. The molecular weight excluding hydrogens is 827 g/mol. The molecule has 0 saturated carbocycles. The maximum absolute atomic E-state index is 13.0. The first-order valence-electron chi connectivity index (χ1n) is 28.9. The maximum Gasteiger partial charge on any atom is 0.220 e. The van der Waals surface area contributed by atoms with Crippen LogP contribution in [0.2, 0.25) is 0 Å². The highest BCUT2D eigenvalue weighted by atomic mass is 16.7. The van der Waals surface area contributed by atoms with Gasteiger partial charge in [-0.1, -0.05) is 276 Å². The van der Waals surface area contributed by atoms with E-state index < -0.39 is 49.5 Å². The summed E-state index contributed by atoms with van der Waals surface area (Å²) in [6.07, 6.45) is 51.7. The van der Waals surface area contributed by atoms with E-state index in [0.717, 1.165) is 38.5 Å². The zero-order valence-corrected chi connectivity index (χ0v) is 43.5. The summed E-state index contributed by atoms with van der Waals surface area (Å²) in [6, 6.07) is -0.798. The second-order valence-electron chi connectivity index (χ2n) is 20.5. The molecule has 7 atom stereocenters. The zero-order chi connectivity index (χ0) is 48.0. The molecule has 0 aromatic heterocycles. The van der Waals surface area contributed by atoms with Crippen LogP contribution >= 0.6 is 0 Å². The molecule has 1 aliphatic heterocycles. The Bertz CT molecular complexity index is 1040. The van der Waals surface area contributed by atoms with E-state index in [2.05, 4.69) is 19.2 Å². The van der Waals surface area contributed by atoms with Crippen molar-refractivity contribution in [3.8, 4) is 0 Å². The average Bonchev–Trinajstić information content (AvgIpc) is 3.32. The zero-order valence-electron chi connectivity index (χ0n) is 43.5. The van der Waals surface area contributed by atoms with Crippen LogP contribution in [0.25, 0.3) is 0 Å². The summed E-state index contributed by atoms with van der Waals surface area (Å²) in [5, 5.41) is 54.2. The van der Waals surface area contributed by atoms with Crippen molar-refractivity contribution in [3.63, 3.8) is 0 Å². The molecule has 9 heteroatoms. The smallest absolute Gasteiger partial charge is 0.220 e. The molecule has 0 aromatic carbocycles. The topological polar surface area (TPSA) is 149 Å². The van der Waals surface area contributed by atoms with E-state index >= 15 is 0 Å². The third-order valence-electron chi connectivity index (χ3n) is 14.1. The standard InChI is InChI=1S/C57H111NO8/c1-3-5-7-9-11-13-15-16-17-18-19-20-21-22-23-24-25-26-27-28-29-30-31-32-33-34-35-36-37-39-41-43-45-47-53(61)58-50(49-65-57-56(64)55(63)54(62)52(48-59)66-57)51(60)46-44-42-40-38-14-12-10-8-6-4-2/h44,46,50-52,54-57,59-60,62-64H,3-43,45,47-49H2,1-2H3,(H,58,61)/b46-44+/t50-,51+,52+,54-,55?,56?,57+/m0/s1. The van der Waals surface area contributed by atoms with Gasteiger partial charge in [-0.25, -0.2) is 0 Å². The minimum absolute atomic E-state index is 0.173. The first kappa shape index (κ1) is 62.9. The summed E-state index contributed by atoms with van der Waals surface area (Å²) in [5.41, 5.74) is 0. The fourth-order valence-corrected chi connectivity index (χ4v) is 9.51. The molecule has 0 spiro atoms. The Labute approximate surface area is 407 Å². The van der Waals surface area contributed by atoms with Crippen molar-refractivity contribution in [1.82, 2.24) is 5.32 Å². The highest BCUT2D eigenvalue weighted by molar-refractivity contribution is 5.76. The normalized spacial score (nSPS) is 19.8. The maximum atomic E-state index is 13.0. The number of carbonyl (C=O) groups excluding carboxylic acids is 1. The fourth-order valence-electron chi connectivity index (χ4n) is 9.51. The molecule has 0 bridgehead atoms. The van der Waals surface area contributed by atoms with Gasteiger partial charge in [-0.05, 0) is 19.3 Å². The van der Waals surface area contributed by atoms with Crippen molar-refractivity contribution < 1.29 is 39.8 Å². The van der Waals surface area contributed by atoms with Gasteiger partial charge in [0, 0.05) is 6.42 Å². The fraction of sp³-hybridized carbons (Fsp3) is 0.947. The molecule has 1 rings (SSSR count). The van der Waals surface area contributed by atoms with Crippen LogP contribution in [0.1, 0.15) is 290 Å². The lowest BCUT2D eigenvalue weighted by Crippen LogP contribution is -2.60. The summed E-state index contributed by atoms with van der Waals surface area (Å²) in [6.45, 7) is 3.78. The Morgan fingerprint density at radius 1 is 0.500 bits per heavy atom. The van der Waals surface area contributed by atoms with E-state index in [1.807, 2.05) is 6.08 Å². The van der Waals surface area contributed by atoms with E-state index in [0.29, 0.717) is 6.42 Å². The summed E-state index contributed by atoms with van der Waals surface area (Å²) in [5.74, 6) is -0.173. The van der Waals surface area contributed by atoms with Crippen LogP contribution in [0, 0.1) is 0 Å². The number of rotatable bonds is 50. The number of aliphatic hydroxyl groups is 5. The van der Waals surface area contributed by atoms with Gasteiger partial charge in [-0.15, -0.1) is 0 Å². The van der Waals surface area contributed by atoms with E-state index in [1.165, 1.54) is 231 Å². The highest BCUT2D eigenvalue weighted by Crippen LogP contribution is 2.23. The molecule has 6 N–H and O–H groups in total. The molecule has 1 heterocycles. The minimum Gasteiger partial charge on any atom is -0.394 e. The Kier molecular flexibility index (Phi) is 45.4. The lowest BCUT2D eigenvalue weighted by Gasteiger charge is -2.40. The molecule has 2 unspecified atom stereocenters. The van der Waals surface area contributed by atoms with Gasteiger partial charge >= 0.3 is 0 Å². The number of carbonyl (C=O) groups is 1. The number of hydrogen-bond donors (Lipinski definition) is 6. The summed E-state index contributed by atoms with van der Waals surface area (Å²) < 4.78 is 11.2. The van der Waals surface area contributed by atoms with Crippen LogP contribution in [0.4, 0.5) is 0 Å². The van der Waals surface area contributed by atoms with Crippen molar-refractivity contribution in [2.75, 3.05) is 13.2 Å². The minimum atomic E-state index is -1.56. The number of ether oxygens (including phenoxy) is 2. The Hall–Kier alpha value is -1.07. The molecule has 1 saturated heterocycles. The third-order valence-corrected chi connectivity index (χ3v) is 14.1. The number of amides is 1. The molecule has 1 amide bonds. The summed E-state index contributed by atoms with van der Waals surface area (Å²) in [7, 11) is 0. The van der Waals surface area contributed by atoms with E-state index in [4.69, 9.17) is 9.47 Å². The number of hydrogen-bond acceptors (Lipinski definition) is 8. The van der Waals surface area contributed by atoms with Crippen molar-refractivity contribution in [2.24, 2.45) is 0 Å². The Morgan fingerprint density at radius 3 is 1.18 bits per heavy atom. The van der Waals surface area contributed by atoms with Crippen molar-refractivity contribution in [1.29, 1.82) is 0 Å². The predicted octanol–water partition coefficient (Wildman–Crippen LogP) is 14.0. The number of allylic oxidation sites excluding steroid dienone is 1. The van der Waals surface area contributed by atoms with Gasteiger partial charge in [0.25, 0.3) is 0 Å². The third kappa shape index (κ3) is 36.9. The molecular formula is C57H111NO8. The van der Waals surface area contributed by atoms with E-state index in [-0.39, 0.29) is 12.5 Å². The predicted molar refractivity (Wildman–Crippen MR) is 277 cm³/mol. The van der Waals surface area contributed by atoms with Crippen molar-refractivity contribution in [3.05, 3.63) is 12.2 Å². The van der Waals surface area contributed by atoms with Crippen molar-refractivity contribution in [2.45, 2.75) is 333 Å². The number of aliphatic hydroxyl groups excluding tert-OH is 5. The monoisotopic (exact) mass is 938 g/mol. The number of nitrogens with one attached hydrogen (secondary N) is 1. The van der Waals surface area contributed by atoms with Crippen LogP contribution in [-0.4, -0.2) is 87.5 Å². The van der Waals surface area contributed by atoms with Gasteiger partial charge in [0.1, 0.15) is 24.4 Å². The van der Waals surface area contributed by atoms with Gasteiger partial charge in [-0.3, -0.25) is 4.79 Å². The van der Waals surface area contributed by atoms with E-state index in [9.17, 15) is 30.3 Å². The molecule has 1 aliphatic rings. The van der Waals surface area contributed by atoms with E-state index in [1.54, 1.807) is 6.08 Å².